The molecule has 0 saturated heterocycles. The number of nitrogens with one attached hydrogen (secondary N) is 1. The maximum Gasteiger partial charge on any atom is 0.339 e. The van der Waals surface area contributed by atoms with E-state index in [0.717, 1.165) is 4.31 Å². The first-order valence-corrected chi connectivity index (χ1v) is 11.4. The average Bonchev–Trinajstić information content (AvgIpc) is 3.21. The lowest BCUT2D eigenvalue weighted by Gasteiger charge is -2.23. The summed E-state index contributed by atoms with van der Waals surface area (Å²) in [5.74, 6) is -0.547. The van der Waals surface area contributed by atoms with Crippen molar-refractivity contribution in [3.05, 3.63) is 47.0 Å². The normalized spacial score (nSPS) is 12.4. The SMILES string of the molecule is CCOC(=O)c1cc(NC(=O)CN(c2ccc3c(c2)OCO3)S(=O)(=O)CC)ccc1Cl. The van der Waals surface area contributed by atoms with E-state index < -0.39 is 28.4 Å². The van der Waals surface area contributed by atoms with Gasteiger partial charge in [-0.2, -0.15) is 0 Å². The van der Waals surface area contributed by atoms with Crippen LogP contribution in [0.1, 0.15) is 24.2 Å². The van der Waals surface area contributed by atoms with Gasteiger partial charge in [0.05, 0.1) is 28.6 Å². The third-order valence-electron chi connectivity index (χ3n) is 4.38. The molecule has 11 heteroatoms. The van der Waals surface area contributed by atoms with Crippen LogP contribution >= 0.6 is 11.6 Å². The molecule has 1 amide bonds. The van der Waals surface area contributed by atoms with Crippen LogP contribution < -0.4 is 19.1 Å². The maximum absolute atomic E-state index is 12.7. The third kappa shape index (κ3) is 5.20. The molecule has 1 aliphatic rings. The number of benzene rings is 2. The molecule has 0 bridgehead atoms. The van der Waals surface area contributed by atoms with E-state index in [4.69, 9.17) is 25.8 Å². The number of amides is 1. The number of carbonyl (C=O) groups is 2. The fourth-order valence-electron chi connectivity index (χ4n) is 2.85. The molecule has 0 spiro atoms. The summed E-state index contributed by atoms with van der Waals surface area (Å²) in [5.41, 5.74) is 0.636. The van der Waals surface area contributed by atoms with Crippen LogP contribution in [0.15, 0.2) is 36.4 Å². The highest BCUT2D eigenvalue weighted by Crippen LogP contribution is 2.36. The highest BCUT2D eigenvalue weighted by Gasteiger charge is 2.26. The van der Waals surface area contributed by atoms with Crippen LogP contribution in [0.5, 0.6) is 11.5 Å². The van der Waals surface area contributed by atoms with E-state index >= 15 is 0 Å². The van der Waals surface area contributed by atoms with Crippen molar-refractivity contribution in [1.29, 1.82) is 0 Å². The van der Waals surface area contributed by atoms with Crippen molar-refractivity contribution in [2.75, 3.05) is 35.3 Å². The monoisotopic (exact) mass is 468 g/mol. The largest absolute Gasteiger partial charge is 0.462 e. The molecule has 31 heavy (non-hydrogen) atoms. The minimum Gasteiger partial charge on any atom is -0.462 e. The number of rotatable bonds is 8. The summed E-state index contributed by atoms with van der Waals surface area (Å²) in [6.45, 7) is 2.88. The van der Waals surface area contributed by atoms with Crippen molar-refractivity contribution in [1.82, 2.24) is 0 Å². The van der Waals surface area contributed by atoms with Gasteiger partial charge in [-0.25, -0.2) is 13.2 Å². The molecular formula is C20H21ClN2O7S. The van der Waals surface area contributed by atoms with Gasteiger partial charge in [0.1, 0.15) is 6.54 Å². The molecule has 2 aromatic rings. The van der Waals surface area contributed by atoms with Gasteiger partial charge in [0.2, 0.25) is 22.7 Å². The summed E-state index contributed by atoms with van der Waals surface area (Å²) in [5, 5.41) is 2.76. The lowest BCUT2D eigenvalue weighted by Crippen LogP contribution is -2.39. The summed E-state index contributed by atoms with van der Waals surface area (Å²) < 4.78 is 41.8. The van der Waals surface area contributed by atoms with Crippen LogP contribution in [-0.4, -0.2) is 46.0 Å². The molecule has 1 N–H and O–H groups in total. The van der Waals surface area contributed by atoms with E-state index in [9.17, 15) is 18.0 Å². The molecule has 0 radical (unpaired) electrons. The van der Waals surface area contributed by atoms with E-state index in [2.05, 4.69) is 5.32 Å². The smallest absolute Gasteiger partial charge is 0.339 e. The van der Waals surface area contributed by atoms with Crippen molar-refractivity contribution in [2.24, 2.45) is 0 Å². The van der Waals surface area contributed by atoms with Gasteiger partial charge in [-0.1, -0.05) is 11.6 Å². The fourth-order valence-corrected chi connectivity index (χ4v) is 4.10. The molecule has 3 rings (SSSR count). The summed E-state index contributed by atoms with van der Waals surface area (Å²) >= 11 is 6.03. The van der Waals surface area contributed by atoms with Gasteiger partial charge in [-0.15, -0.1) is 0 Å². The number of anilines is 2. The number of hydrogen-bond acceptors (Lipinski definition) is 7. The van der Waals surface area contributed by atoms with Crippen LogP contribution in [0.2, 0.25) is 5.02 Å². The zero-order valence-corrected chi connectivity index (χ0v) is 18.5. The molecule has 9 nitrogen and oxygen atoms in total. The summed E-state index contributed by atoms with van der Waals surface area (Å²) in [6, 6.07) is 8.94. The molecular weight excluding hydrogens is 448 g/mol. The van der Waals surface area contributed by atoms with Crippen LogP contribution in [-0.2, 0) is 19.6 Å². The van der Waals surface area contributed by atoms with Crippen molar-refractivity contribution < 1.29 is 32.2 Å². The number of halogens is 1. The molecule has 0 aromatic heterocycles. The number of fused-ring (bicyclic) bond motifs is 1. The zero-order valence-electron chi connectivity index (χ0n) is 16.9. The second kappa shape index (κ2) is 9.44. The van der Waals surface area contributed by atoms with E-state index in [1.165, 1.54) is 37.3 Å². The van der Waals surface area contributed by atoms with E-state index in [-0.39, 0.29) is 41.1 Å². The van der Waals surface area contributed by atoms with Crippen LogP contribution in [0.25, 0.3) is 0 Å². The predicted octanol–water partition coefficient (Wildman–Crippen LogP) is 3.04. The Labute approximate surface area is 184 Å². The number of esters is 1. The molecule has 0 aliphatic carbocycles. The number of ether oxygens (including phenoxy) is 3. The molecule has 0 fully saturated rings. The van der Waals surface area contributed by atoms with Crippen LogP contribution in [0, 0.1) is 0 Å². The quantitative estimate of drug-likeness (QED) is 0.592. The van der Waals surface area contributed by atoms with Gasteiger partial charge in [0.25, 0.3) is 0 Å². The molecule has 166 valence electrons. The Morgan fingerprint density at radius 1 is 1.13 bits per heavy atom. The van der Waals surface area contributed by atoms with Crippen LogP contribution in [0.4, 0.5) is 11.4 Å². The van der Waals surface area contributed by atoms with Gasteiger partial charge >= 0.3 is 5.97 Å². The number of carbonyl (C=O) groups excluding carboxylic acids is 2. The topological polar surface area (TPSA) is 111 Å². The third-order valence-corrected chi connectivity index (χ3v) is 6.45. The van der Waals surface area contributed by atoms with E-state index in [1.807, 2.05) is 0 Å². The predicted molar refractivity (Wildman–Crippen MR) is 115 cm³/mol. The minimum absolute atomic E-state index is 0.0408. The standard InChI is InChI=1S/C20H21ClN2O7S/c1-3-28-20(25)15-9-13(5-7-16(15)21)22-19(24)11-23(31(26,27)4-2)14-6-8-17-18(10-14)30-12-29-17/h5-10H,3-4,11-12H2,1-2H3,(H,22,24). The van der Waals surface area contributed by atoms with Gasteiger partial charge in [-0.05, 0) is 44.2 Å². The number of sulfonamides is 1. The van der Waals surface area contributed by atoms with E-state index in [1.54, 1.807) is 13.0 Å². The summed E-state index contributed by atoms with van der Waals surface area (Å²) in [6.07, 6.45) is 0. The molecule has 1 heterocycles. The number of hydrogen-bond donors (Lipinski definition) is 1. The van der Waals surface area contributed by atoms with Gasteiger partial charge in [-0.3, -0.25) is 9.10 Å². The van der Waals surface area contributed by atoms with E-state index in [0.29, 0.717) is 11.5 Å². The molecule has 0 atom stereocenters. The van der Waals surface area contributed by atoms with Crippen LogP contribution in [0.3, 0.4) is 0 Å². The fraction of sp³-hybridized carbons (Fsp3) is 0.300. The van der Waals surface area contributed by atoms with Gasteiger partial charge in [0, 0.05) is 11.8 Å². The average molecular weight is 469 g/mol. The Bertz CT molecular complexity index is 1100. The summed E-state index contributed by atoms with van der Waals surface area (Å²) in [7, 11) is -3.77. The Balaban J connectivity index is 1.82. The summed E-state index contributed by atoms with van der Waals surface area (Å²) in [4.78, 5) is 24.7. The van der Waals surface area contributed by atoms with Gasteiger partial charge < -0.3 is 19.5 Å². The first-order valence-electron chi connectivity index (χ1n) is 9.41. The molecule has 0 unspecified atom stereocenters. The maximum atomic E-state index is 12.7. The number of nitrogens with zero attached hydrogens (tertiary/aromatic N) is 1. The molecule has 1 aliphatic heterocycles. The Morgan fingerprint density at radius 3 is 2.58 bits per heavy atom. The minimum atomic E-state index is -3.77. The zero-order chi connectivity index (χ0) is 22.6. The van der Waals surface area contributed by atoms with Crippen molar-refractivity contribution >= 4 is 44.9 Å². The molecule has 2 aromatic carbocycles. The Morgan fingerprint density at radius 2 is 1.87 bits per heavy atom. The highest BCUT2D eigenvalue weighted by atomic mass is 35.5. The first-order chi connectivity index (χ1) is 14.7. The van der Waals surface area contributed by atoms with Crippen molar-refractivity contribution in [3.8, 4) is 11.5 Å². The highest BCUT2D eigenvalue weighted by molar-refractivity contribution is 7.92. The first kappa shape index (κ1) is 22.7. The second-order valence-electron chi connectivity index (χ2n) is 6.41. The second-order valence-corrected chi connectivity index (χ2v) is 9.00. The Hall–Kier alpha value is -2.98. The Kier molecular flexibility index (Phi) is 6.91. The van der Waals surface area contributed by atoms with Crippen molar-refractivity contribution in [2.45, 2.75) is 13.8 Å². The van der Waals surface area contributed by atoms with Crippen molar-refractivity contribution in [3.63, 3.8) is 0 Å². The molecule has 0 saturated carbocycles. The van der Waals surface area contributed by atoms with Gasteiger partial charge in [0.15, 0.2) is 11.5 Å². The lowest BCUT2D eigenvalue weighted by atomic mass is 10.2. The lowest BCUT2D eigenvalue weighted by molar-refractivity contribution is -0.114.